The molecule has 1 nitrogen and oxygen atoms in total. The average molecular weight is 251 g/mol. The number of rotatable bonds is 2. The van der Waals surface area contributed by atoms with E-state index in [1.807, 2.05) is 0 Å². The third kappa shape index (κ3) is 2.31. The summed E-state index contributed by atoms with van der Waals surface area (Å²) in [4.78, 5) is 0. The lowest BCUT2D eigenvalue weighted by Gasteiger charge is -2.39. The summed E-state index contributed by atoms with van der Waals surface area (Å²) in [5, 5.41) is 3.49. The molecule has 0 amide bonds. The lowest BCUT2D eigenvalue weighted by atomic mass is 9.68. The zero-order chi connectivity index (χ0) is 13.1. The molecule has 0 spiro atoms. The lowest BCUT2D eigenvalue weighted by molar-refractivity contribution is 0.362. The van der Waals surface area contributed by atoms with Crippen LogP contribution in [-0.4, -0.2) is 13.1 Å². The van der Waals surface area contributed by atoms with Crippen molar-refractivity contribution in [1.82, 2.24) is 5.32 Å². The molecule has 1 aliphatic rings. The average Bonchev–Trinajstić information content (AvgIpc) is 2.49. The van der Waals surface area contributed by atoms with Gasteiger partial charge in [0.2, 0.25) is 0 Å². The Morgan fingerprint density at radius 3 is 2.00 bits per heavy atom. The minimum atomic E-state index is 0.195. The van der Waals surface area contributed by atoms with Gasteiger partial charge in [0.05, 0.1) is 0 Å². The van der Waals surface area contributed by atoms with Gasteiger partial charge in [-0.1, -0.05) is 60.2 Å². The minimum Gasteiger partial charge on any atom is -0.317 e. The molecule has 0 unspecified atom stereocenters. The molecule has 0 aliphatic carbocycles. The van der Waals surface area contributed by atoms with Crippen LogP contribution in [-0.2, 0) is 5.41 Å². The monoisotopic (exact) mass is 251 g/mol. The van der Waals surface area contributed by atoms with Crippen LogP contribution in [0.5, 0.6) is 0 Å². The van der Waals surface area contributed by atoms with E-state index in [1.165, 1.54) is 29.5 Å². The summed E-state index contributed by atoms with van der Waals surface area (Å²) in [6, 6.07) is 20.1. The van der Waals surface area contributed by atoms with Crippen molar-refractivity contribution in [3.05, 3.63) is 71.3 Å². The molecule has 1 saturated heterocycles. The van der Waals surface area contributed by atoms with E-state index in [4.69, 9.17) is 0 Å². The Morgan fingerprint density at radius 1 is 0.789 bits per heavy atom. The van der Waals surface area contributed by atoms with Crippen molar-refractivity contribution in [1.29, 1.82) is 0 Å². The molecule has 3 rings (SSSR count). The molecule has 98 valence electrons. The maximum absolute atomic E-state index is 3.49. The summed E-state index contributed by atoms with van der Waals surface area (Å²) in [6.07, 6.45) is 2.36. The molecule has 1 heterocycles. The van der Waals surface area contributed by atoms with Crippen LogP contribution in [0.1, 0.15) is 29.5 Å². The van der Waals surface area contributed by atoms with Crippen LogP contribution >= 0.6 is 0 Å². The van der Waals surface area contributed by atoms with E-state index in [0.717, 1.165) is 13.1 Å². The molecule has 1 heteroatoms. The first-order valence-corrected chi connectivity index (χ1v) is 7.15. The fraction of sp³-hybridized carbons (Fsp3) is 0.333. The predicted molar refractivity (Wildman–Crippen MR) is 80.5 cm³/mol. The van der Waals surface area contributed by atoms with E-state index < -0.39 is 0 Å². The normalized spacial score (nSPS) is 18.2. The van der Waals surface area contributed by atoms with E-state index in [0.29, 0.717) is 0 Å². The molecule has 0 atom stereocenters. The number of piperidine rings is 1. The highest BCUT2D eigenvalue weighted by Gasteiger charge is 2.35. The van der Waals surface area contributed by atoms with Crippen molar-refractivity contribution in [2.45, 2.75) is 25.2 Å². The molecule has 1 fully saturated rings. The maximum atomic E-state index is 3.49. The van der Waals surface area contributed by atoms with Crippen LogP contribution in [0.4, 0.5) is 0 Å². The van der Waals surface area contributed by atoms with Crippen molar-refractivity contribution in [3.8, 4) is 0 Å². The smallest absolute Gasteiger partial charge is 0.0227 e. The van der Waals surface area contributed by atoms with Gasteiger partial charge in [-0.3, -0.25) is 0 Å². The van der Waals surface area contributed by atoms with Gasteiger partial charge in [0.25, 0.3) is 0 Å². The topological polar surface area (TPSA) is 12.0 Å². The molecule has 2 aromatic carbocycles. The molecule has 1 N–H and O–H groups in total. The molecular weight excluding hydrogens is 230 g/mol. The SMILES string of the molecule is Cc1ccc(C2(c3ccccc3)CCNCC2)cc1. The van der Waals surface area contributed by atoms with Gasteiger partial charge < -0.3 is 5.32 Å². The van der Waals surface area contributed by atoms with Crippen LogP contribution in [0.25, 0.3) is 0 Å². The molecule has 0 radical (unpaired) electrons. The quantitative estimate of drug-likeness (QED) is 0.859. The first kappa shape index (κ1) is 12.4. The number of hydrogen-bond donors (Lipinski definition) is 1. The lowest BCUT2D eigenvalue weighted by Crippen LogP contribution is -2.40. The highest BCUT2D eigenvalue weighted by Crippen LogP contribution is 2.40. The minimum absolute atomic E-state index is 0.195. The van der Waals surface area contributed by atoms with Crippen LogP contribution in [0, 0.1) is 6.92 Å². The summed E-state index contributed by atoms with van der Waals surface area (Å²) < 4.78 is 0. The van der Waals surface area contributed by atoms with Crippen LogP contribution in [0.2, 0.25) is 0 Å². The summed E-state index contributed by atoms with van der Waals surface area (Å²) in [6.45, 7) is 4.35. The fourth-order valence-corrected chi connectivity index (χ4v) is 3.23. The second-order valence-corrected chi connectivity index (χ2v) is 5.56. The van der Waals surface area contributed by atoms with Crippen molar-refractivity contribution >= 4 is 0 Å². The van der Waals surface area contributed by atoms with E-state index in [9.17, 15) is 0 Å². The van der Waals surface area contributed by atoms with Gasteiger partial charge in [0, 0.05) is 5.41 Å². The van der Waals surface area contributed by atoms with Gasteiger partial charge in [-0.2, -0.15) is 0 Å². The highest BCUT2D eigenvalue weighted by atomic mass is 14.9. The van der Waals surface area contributed by atoms with Crippen molar-refractivity contribution in [2.75, 3.05) is 13.1 Å². The van der Waals surface area contributed by atoms with Crippen molar-refractivity contribution in [3.63, 3.8) is 0 Å². The van der Waals surface area contributed by atoms with Crippen LogP contribution in [0.3, 0.4) is 0 Å². The van der Waals surface area contributed by atoms with Gasteiger partial charge in [0.15, 0.2) is 0 Å². The predicted octanol–water partition coefficient (Wildman–Crippen LogP) is 3.66. The van der Waals surface area contributed by atoms with Gasteiger partial charge in [-0.25, -0.2) is 0 Å². The molecule has 0 aromatic heterocycles. The number of benzene rings is 2. The Bertz CT molecular complexity index is 521. The summed E-state index contributed by atoms with van der Waals surface area (Å²) in [5.41, 5.74) is 4.45. The van der Waals surface area contributed by atoms with E-state index in [1.54, 1.807) is 0 Å². The van der Waals surface area contributed by atoms with Crippen LogP contribution in [0.15, 0.2) is 54.6 Å². The second-order valence-electron chi connectivity index (χ2n) is 5.56. The Morgan fingerprint density at radius 2 is 1.37 bits per heavy atom. The molecule has 2 aromatic rings. The van der Waals surface area contributed by atoms with Gasteiger partial charge in [-0.15, -0.1) is 0 Å². The highest BCUT2D eigenvalue weighted by molar-refractivity contribution is 5.41. The zero-order valence-corrected chi connectivity index (χ0v) is 11.5. The molecule has 19 heavy (non-hydrogen) atoms. The third-order valence-electron chi connectivity index (χ3n) is 4.39. The standard InChI is InChI=1S/C18H21N/c1-15-7-9-17(10-8-15)18(11-13-19-14-12-18)16-5-3-2-4-6-16/h2-10,19H,11-14H2,1H3. The Labute approximate surface area is 115 Å². The Balaban J connectivity index is 2.09. The van der Waals surface area contributed by atoms with Gasteiger partial charge in [0.1, 0.15) is 0 Å². The molecule has 1 aliphatic heterocycles. The third-order valence-corrected chi connectivity index (χ3v) is 4.39. The fourth-order valence-electron chi connectivity index (χ4n) is 3.23. The molecular formula is C18H21N. The largest absolute Gasteiger partial charge is 0.317 e. The summed E-state index contributed by atoms with van der Waals surface area (Å²) >= 11 is 0. The number of aryl methyl sites for hydroxylation is 1. The number of hydrogen-bond acceptors (Lipinski definition) is 1. The first-order chi connectivity index (χ1) is 9.31. The van der Waals surface area contributed by atoms with Crippen molar-refractivity contribution in [2.24, 2.45) is 0 Å². The zero-order valence-electron chi connectivity index (χ0n) is 11.5. The Hall–Kier alpha value is -1.60. The van der Waals surface area contributed by atoms with E-state index >= 15 is 0 Å². The summed E-state index contributed by atoms with van der Waals surface area (Å²) in [7, 11) is 0. The number of nitrogens with one attached hydrogen (secondary N) is 1. The van der Waals surface area contributed by atoms with E-state index in [-0.39, 0.29) is 5.41 Å². The molecule has 0 saturated carbocycles. The maximum Gasteiger partial charge on any atom is 0.0227 e. The summed E-state index contributed by atoms with van der Waals surface area (Å²) in [5.74, 6) is 0. The van der Waals surface area contributed by atoms with Gasteiger partial charge in [-0.05, 0) is 44.0 Å². The van der Waals surface area contributed by atoms with Gasteiger partial charge >= 0.3 is 0 Å². The Kier molecular flexibility index (Phi) is 3.39. The molecule has 0 bridgehead atoms. The van der Waals surface area contributed by atoms with Crippen molar-refractivity contribution < 1.29 is 0 Å². The van der Waals surface area contributed by atoms with E-state index in [2.05, 4.69) is 66.8 Å². The van der Waals surface area contributed by atoms with Crippen LogP contribution < -0.4 is 5.32 Å². The first-order valence-electron chi connectivity index (χ1n) is 7.15. The second kappa shape index (κ2) is 5.18.